The average molecular weight is 364 g/mol. The van der Waals surface area contributed by atoms with Crippen molar-refractivity contribution in [3.8, 4) is 5.75 Å². The van der Waals surface area contributed by atoms with Gasteiger partial charge in [-0.3, -0.25) is 4.79 Å². The summed E-state index contributed by atoms with van der Waals surface area (Å²) in [6, 6.07) is 17.7. The van der Waals surface area contributed by atoms with Crippen molar-refractivity contribution in [3.63, 3.8) is 0 Å². The van der Waals surface area contributed by atoms with Crippen LogP contribution in [0.1, 0.15) is 18.7 Å². The first-order valence-electron chi connectivity index (χ1n) is 8.36. The third-order valence-electron chi connectivity index (χ3n) is 4.06. The van der Waals surface area contributed by atoms with Crippen LogP contribution in [0, 0.1) is 0 Å². The number of fused-ring (bicyclic) bond motifs is 1. The van der Waals surface area contributed by atoms with Gasteiger partial charge in [0.15, 0.2) is 6.61 Å². The molecule has 0 bridgehead atoms. The summed E-state index contributed by atoms with van der Waals surface area (Å²) >= 11 is 0. The average Bonchev–Trinajstić information content (AvgIpc) is 3.11. The number of nitrogens with zero attached hydrogens (tertiary/aromatic N) is 2. The Bertz CT molecular complexity index is 1070. The highest BCUT2D eigenvalue weighted by Crippen LogP contribution is 2.29. The Morgan fingerprint density at radius 2 is 1.89 bits per heavy atom. The van der Waals surface area contributed by atoms with Crippen LogP contribution in [0.4, 0.5) is 0 Å². The molecule has 1 aliphatic heterocycles. The van der Waals surface area contributed by atoms with Gasteiger partial charge in [0.2, 0.25) is 18.0 Å². The number of benzene rings is 2. The molecule has 136 valence electrons. The van der Waals surface area contributed by atoms with Crippen LogP contribution >= 0.6 is 0 Å². The summed E-state index contributed by atoms with van der Waals surface area (Å²) in [7, 11) is 0. The van der Waals surface area contributed by atoms with Crippen molar-refractivity contribution >= 4 is 22.8 Å². The number of ether oxygens (including phenoxy) is 2. The van der Waals surface area contributed by atoms with Gasteiger partial charge in [-0.2, -0.15) is 5.01 Å². The maximum Gasteiger partial charge on any atom is 0.339 e. The molecule has 2 heterocycles. The first kappa shape index (κ1) is 16.8. The van der Waals surface area contributed by atoms with Crippen LogP contribution in [0.2, 0.25) is 0 Å². The molecule has 4 rings (SSSR count). The van der Waals surface area contributed by atoms with Gasteiger partial charge in [-0.05, 0) is 12.1 Å². The Hall–Kier alpha value is -3.61. The molecule has 7 nitrogen and oxygen atoms in total. The predicted octanol–water partition coefficient (Wildman–Crippen LogP) is 3.06. The van der Waals surface area contributed by atoms with E-state index < -0.39 is 11.9 Å². The number of hydrazone groups is 1. The summed E-state index contributed by atoms with van der Waals surface area (Å²) in [4.78, 5) is 23.6. The highest BCUT2D eigenvalue weighted by atomic mass is 16.6. The van der Waals surface area contributed by atoms with E-state index in [4.69, 9.17) is 13.9 Å². The van der Waals surface area contributed by atoms with Crippen molar-refractivity contribution < 1.29 is 18.7 Å². The lowest BCUT2D eigenvalue weighted by Gasteiger charge is -2.19. The minimum absolute atomic E-state index is 0.0272. The molecule has 0 saturated heterocycles. The van der Waals surface area contributed by atoms with E-state index in [9.17, 15) is 9.59 Å². The molecule has 0 saturated carbocycles. The number of amides is 1. The first-order valence-corrected chi connectivity index (χ1v) is 8.36. The smallest absolute Gasteiger partial charge is 0.339 e. The van der Waals surface area contributed by atoms with E-state index in [2.05, 4.69) is 5.10 Å². The Kier molecular flexibility index (Phi) is 4.33. The largest absolute Gasteiger partial charge is 0.483 e. The number of para-hydroxylation sites is 1. The van der Waals surface area contributed by atoms with Gasteiger partial charge in [0.25, 0.3) is 0 Å². The van der Waals surface area contributed by atoms with Crippen LogP contribution in [0.3, 0.4) is 0 Å². The van der Waals surface area contributed by atoms with Crippen LogP contribution in [-0.2, 0) is 9.53 Å². The molecule has 0 radical (unpaired) electrons. The van der Waals surface area contributed by atoms with Crippen molar-refractivity contribution in [1.29, 1.82) is 0 Å². The quantitative estimate of drug-likeness (QED) is 0.665. The van der Waals surface area contributed by atoms with E-state index in [1.807, 2.05) is 36.4 Å². The van der Waals surface area contributed by atoms with E-state index in [1.165, 1.54) is 18.0 Å². The molecule has 1 atom stereocenters. The highest BCUT2D eigenvalue weighted by Gasteiger charge is 2.32. The summed E-state index contributed by atoms with van der Waals surface area (Å²) in [6.07, 6.45) is -0.639. The van der Waals surface area contributed by atoms with Crippen molar-refractivity contribution in [1.82, 2.24) is 5.01 Å². The fraction of sp³-hybridized carbons (Fsp3) is 0.150. The normalized spacial score (nSPS) is 16.1. The molecular weight excluding hydrogens is 348 g/mol. The third kappa shape index (κ3) is 3.39. The Morgan fingerprint density at radius 1 is 1.15 bits per heavy atom. The lowest BCUT2D eigenvalue weighted by molar-refractivity contribution is -0.135. The Balaban J connectivity index is 1.56. The summed E-state index contributed by atoms with van der Waals surface area (Å²) in [5, 5.41) is 6.15. The topological polar surface area (TPSA) is 81.3 Å². The predicted molar refractivity (Wildman–Crippen MR) is 98.2 cm³/mol. The minimum atomic E-state index is -0.639. The van der Waals surface area contributed by atoms with E-state index in [-0.39, 0.29) is 18.4 Å². The van der Waals surface area contributed by atoms with Gasteiger partial charge in [0.05, 0.1) is 11.5 Å². The third-order valence-corrected chi connectivity index (χ3v) is 4.06. The van der Waals surface area contributed by atoms with Gasteiger partial charge in [-0.25, -0.2) is 4.79 Å². The summed E-state index contributed by atoms with van der Waals surface area (Å²) in [6.45, 7) is 1.39. The zero-order chi connectivity index (χ0) is 18.8. The number of rotatable bonds is 4. The number of carbonyl (C=O) groups excluding carboxylic acids is 1. The van der Waals surface area contributed by atoms with Crippen LogP contribution < -0.4 is 10.4 Å². The number of hydrogen-bond donors (Lipinski definition) is 0. The molecule has 1 aromatic heterocycles. The van der Waals surface area contributed by atoms with Gasteiger partial charge in [0.1, 0.15) is 11.3 Å². The molecule has 1 amide bonds. The standard InChI is InChI=1S/C20H16N2O5/c1-13(23)22-20(14-7-3-2-4-8-14)27-18(21-22)12-25-17-11-19(24)26-16-10-6-5-9-15(16)17/h2-11,20H,12H2,1H3. The SMILES string of the molecule is CC(=O)N1N=C(COc2cc(=O)oc3ccccc23)OC1c1ccccc1. The number of hydrogen-bond acceptors (Lipinski definition) is 6. The van der Waals surface area contributed by atoms with Crippen LogP contribution in [-0.4, -0.2) is 23.4 Å². The molecule has 27 heavy (non-hydrogen) atoms. The molecule has 0 fully saturated rings. The second-order valence-electron chi connectivity index (χ2n) is 5.95. The molecule has 2 aromatic carbocycles. The second kappa shape index (κ2) is 6.95. The molecule has 0 aliphatic carbocycles. The minimum Gasteiger partial charge on any atom is -0.483 e. The van der Waals surface area contributed by atoms with Gasteiger partial charge in [-0.15, -0.1) is 5.10 Å². The zero-order valence-electron chi connectivity index (χ0n) is 14.5. The summed E-state index contributed by atoms with van der Waals surface area (Å²) in [5.74, 6) is 0.367. The summed E-state index contributed by atoms with van der Waals surface area (Å²) < 4.78 is 16.7. The van der Waals surface area contributed by atoms with E-state index in [0.29, 0.717) is 16.7 Å². The van der Waals surface area contributed by atoms with Crippen molar-refractivity contribution in [2.75, 3.05) is 6.61 Å². The summed E-state index contributed by atoms with van der Waals surface area (Å²) in [5.41, 5.74) is 0.726. The second-order valence-corrected chi connectivity index (χ2v) is 5.95. The monoisotopic (exact) mass is 364 g/mol. The molecular formula is C20H16N2O5. The lowest BCUT2D eigenvalue weighted by Crippen LogP contribution is -2.25. The first-order chi connectivity index (χ1) is 13.1. The lowest BCUT2D eigenvalue weighted by atomic mass is 10.2. The number of carbonyl (C=O) groups is 1. The van der Waals surface area contributed by atoms with Gasteiger partial charge in [0, 0.05) is 12.5 Å². The Morgan fingerprint density at radius 3 is 2.67 bits per heavy atom. The molecule has 0 N–H and O–H groups in total. The maximum absolute atomic E-state index is 11.9. The fourth-order valence-corrected chi connectivity index (χ4v) is 2.84. The molecule has 7 heteroatoms. The molecule has 1 unspecified atom stereocenters. The van der Waals surface area contributed by atoms with Crippen LogP contribution in [0.5, 0.6) is 5.75 Å². The van der Waals surface area contributed by atoms with Crippen molar-refractivity contribution in [2.24, 2.45) is 5.10 Å². The van der Waals surface area contributed by atoms with Crippen molar-refractivity contribution in [2.45, 2.75) is 13.2 Å². The van der Waals surface area contributed by atoms with E-state index in [0.717, 1.165) is 5.56 Å². The van der Waals surface area contributed by atoms with Gasteiger partial charge >= 0.3 is 5.63 Å². The molecule has 1 aliphatic rings. The zero-order valence-corrected chi connectivity index (χ0v) is 14.5. The van der Waals surface area contributed by atoms with Gasteiger partial charge in [-0.1, -0.05) is 42.5 Å². The molecule has 3 aromatic rings. The van der Waals surface area contributed by atoms with E-state index in [1.54, 1.807) is 18.2 Å². The van der Waals surface area contributed by atoms with E-state index >= 15 is 0 Å². The fourth-order valence-electron chi connectivity index (χ4n) is 2.84. The van der Waals surface area contributed by atoms with Crippen molar-refractivity contribution in [3.05, 3.63) is 76.6 Å². The van der Waals surface area contributed by atoms with Gasteiger partial charge < -0.3 is 13.9 Å². The molecule has 0 spiro atoms. The van der Waals surface area contributed by atoms with Crippen LogP contribution in [0.25, 0.3) is 11.0 Å². The Labute approximate surface area is 154 Å². The van der Waals surface area contributed by atoms with Crippen LogP contribution in [0.15, 0.2) is 75.0 Å². The highest BCUT2D eigenvalue weighted by molar-refractivity contribution is 5.85. The maximum atomic E-state index is 11.9.